The second-order valence-electron chi connectivity index (χ2n) is 5.95. The van der Waals surface area contributed by atoms with E-state index in [9.17, 15) is 0 Å². The van der Waals surface area contributed by atoms with Crippen molar-refractivity contribution in [2.75, 3.05) is 0 Å². The third-order valence-electron chi connectivity index (χ3n) is 3.90. The summed E-state index contributed by atoms with van der Waals surface area (Å²) in [5, 5.41) is 0. The van der Waals surface area contributed by atoms with E-state index in [1.165, 1.54) is 25.7 Å². The summed E-state index contributed by atoms with van der Waals surface area (Å²) in [6, 6.07) is 0. The standard InChI is InChI=1S/4C4H9.S.2Sn.2H/c4*1-3-4-2;;;;;/h4*1,3-4H2,2H3;;;;;. The molecular formula is C16H38SSn2. The van der Waals surface area contributed by atoms with Crippen molar-refractivity contribution in [2.45, 2.75) is 96.8 Å². The SMILES string of the molecule is CCC[CH2][SnH]([CH2]CCC)[S][SnH]([CH2]CCC)[CH2]CCC. The Labute approximate surface area is 138 Å². The Bertz CT molecular complexity index is 142. The maximum atomic E-state index is 2.77. The molecule has 116 valence electrons. The fourth-order valence-corrected chi connectivity index (χ4v) is 91.5. The molecule has 0 radical (unpaired) electrons. The average Bonchev–Trinajstić information content (AvgIpc) is 2.44. The Morgan fingerprint density at radius 2 is 0.789 bits per heavy atom. The van der Waals surface area contributed by atoms with Crippen molar-refractivity contribution in [3.8, 4) is 0 Å². The molecule has 0 unspecified atom stereocenters. The molecule has 0 rings (SSSR count). The quantitative estimate of drug-likeness (QED) is 0.250. The molecule has 0 aliphatic heterocycles. The van der Waals surface area contributed by atoms with Gasteiger partial charge in [0.2, 0.25) is 0 Å². The van der Waals surface area contributed by atoms with Crippen LogP contribution in [0, 0.1) is 0 Å². The van der Waals surface area contributed by atoms with E-state index < -0.39 is 36.8 Å². The van der Waals surface area contributed by atoms with Crippen molar-refractivity contribution in [1.29, 1.82) is 0 Å². The van der Waals surface area contributed by atoms with Crippen LogP contribution in [0.3, 0.4) is 0 Å². The predicted molar refractivity (Wildman–Crippen MR) is 101 cm³/mol. The van der Waals surface area contributed by atoms with Crippen molar-refractivity contribution in [3.63, 3.8) is 0 Å². The summed E-state index contributed by atoms with van der Waals surface area (Å²) < 4.78 is 6.87. The Balaban J connectivity index is 4.16. The van der Waals surface area contributed by atoms with E-state index in [1.54, 1.807) is 43.4 Å². The van der Waals surface area contributed by atoms with Crippen LogP contribution in [0.1, 0.15) is 79.1 Å². The minimum atomic E-state index is -1.14. The van der Waals surface area contributed by atoms with E-state index in [4.69, 9.17) is 0 Å². The summed E-state index contributed by atoms with van der Waals surface area (Å²) in [6.45, 7) is 9.51. The molecule has 0 aromatic rings. The fourth-order valence-electron chi connectivity index (χ4n) is 2.56. The number of rotatable bonds is 14. The molecule has 0 spiro atoms. The summed E-state index contributed by atoms with van der Waals surface area (Å²) in [5.74, 6) is 0. The first-order valence-corrected chi connectivity index (χ1v) is 27.3. The van der Waals surface area contributed by atoms with Gasteiger partial charge in [0.25, 0.3) is 0 Å². The van der Waals surface area contributed by atoms with Gasteiger partial charge in [0.05, 0.1) is 0 Å². The summed E-state index contributed by atoms with van der Waals surface area (Å²) in [6.07, 6.45) is 14.7. The molecule has 0 fully saturated rings. The number of hydrogen-bond acceptors (Lipinski definition) is 1. The molecule has 0 N–H and O–H groups in total. The predicted octanol–water partition coefficient (Wildman–Crippen LogP) is 6.37. The van der Waals surface area contributed by atoms with Crippen LogP contribution in [-0.4, -0.2) is 36.8 Å². The first kappa shape index (κ1) is 20.9. The van der Waals surface area contributed by atoms with E-state index in [1.807, 2.05) is 0 Å². The molecular weight excluding hydrogens is 462 g/mol. The van der Waals surface area contributed by atoms with Gasteiger partial charge in [-0.05, 0) is 0 Å². The molecule has 0 bridgehead atoms. The van der Waals surface area contributed by atoms with E-state index in [2.05, 4.69) is 33.8 Å². The van der Waals surface area contributed by atoms with Crippen LogP contribution < -0.4 is 0 Å². The monoisotopic (exact) mass is 502 g/mol. The topological polar surface area (TPSA) is 0 Å². The second kappa shape index (κ2) is 16.3. The summed E-state index contributed by atoms with van der Waals surface area (Å²) in [4.78, 5) is 0. The minimum absolute atomic E-state index is 1.14. The third kappa shape index (κ3) is 13.3. The van der Waals surface area contributed by atoms with Gasteiger partial charge in [-0.2, -0.15) is 0 Å². The van der Waals surface area contributed by atoms with Gasteiger partial charge in [0.15, 0.2) is 0 Å². The van der Waals surface area contributed by atoms with Crippen LogP contribution in [0.4, 0.5) is 0 Å². The Hall–Kier alpha value is 1.95. The van der Waals surface area contributed by atoms with Gasteiger partial charge in [0, 0.05) is 0 Å². The van der Waals surface area contributed by atoms with Crippen LogP contribution in [0.2, 0.25) is 17.7 Å². The van der Waals surface area contributed by atoms with Crippen molar-refractivity contribution in [2.24, 2.45) is 0 Å². The van der Waals surface area contributed by atoms with Crippen molar-refractivity contribution < 1.29 is 0 Å². The van der Waals surface area contributed by atoms with Gasteiger partial charge in [-0.1, -0.05) is 0 Å². The molecule has 0 atom stereocenters. The molecule has 0 saturated heterocycles. The van der Waals surface area contributed by atoms with Crippen molar-refractivity contribution >= 4 is 42.9 Å². The molecule has 0 amide bonds. The molecule has 0 heterocycles. The van der Waals surface area contributed by atoms with Gasteiger partial charge in [-0.25, -0.2) is 0 Å². The zero-order valence-electron chi connectivity index (χ0n) is 14.0. The molecule has 0 nitrogen and oxygen atoms in total. The zero-order valence-corrected chi connectivity index (χ0v) is 21.5. The molecule has 0 aromatic carbocycles. The van der Waals surface area contributed by atoms with Crippen molar-refractivity contribution in [3.05, 3.63) is 0 Å². The van der Waals surface area contributed by atoms with E-state index in [-0.39, 0.29) is 0 Å². The van der Waals surface area contributed by atoms with Gasteiger partial charge in [-0.15, -0.1) is 0 Å². The Morgan fingerprint density at radius 3 is 1.00 bits per heavy atom. The molecule has 0 aromatic heterocycles. The van der Waals surface area contributed by atoms with Crippen LogP contribution in [0.25, 0.3) is 0 Å². The second-order valence-corrected chi connectivity index (χ2v) is 46.8. The molecule has 3 heteroatoms. The van der Waals surface area contributed by atoms with E-state index in [0.717, 1.165) is 0 Å². The first-order valence-electron chi connectivity index (χ1n) is 8.93. The summed E-state index contributed by atoms with van der Waals surface area (Å²) >= 11 is -2.28. The van der Waals surface area contributed by atoms with E-state index in [0.29, 0.717) is 0 Å². The normalized spacial score (nSPS) is 11.7. The average molecular weight is 500 g/mol. The van der Waals surface area contributed by atoms with Crippen LogP contribution >= 0.6 is 6.13 Å². The Kier molecular flexibility index (Phi) is 18.0. The van der Waals surface area contributed by atoms with Gasteiger partial charge in [0.1, 0.15) is 0 Å². The third-order valence-corrected chi connectivity index (χ3v) is 73.8. The van der Waals surface area contributed by atoms with E-state index >= 15 is 0 Å². The van der Waals surface area contributed by atoms with Crippen LogP contribution in [-0.2, 0) is 0 Å². The molecule has 0 saturated carbocycles. The molecule has 0 aliphatic rings. The number of hydrogen-bond donors (Lipinski definition) is 0. The van der Waals surface area contributed by atoms with Gasteiger partial charge >= 0.3 is 140 Å². The summed E-state index contributed by atoms with van der Waals surface area (Å²) in [5.41, 5.74) is 0. The summed E-state index contributed by atoms with van der Waals surface area (Å²) in [7, 11) is 0. The molecule has 19 heavy (non-hydrogen) atoms. The maximum absolute atomic E-state index is 2.77. The fraction of sp³-hybridized carbons (Fsp3) is 1.00. The Morgan fingerprint density at radius 1 is 0.526 bits per heavy atom. The van der Waals surface area contributed by atoms with Crippen LogP contribution in [0.15, 0.2) is 0 Å². The zero-order chi connectivity index (χ0) is 14.3. The first-order chi connectivity index (χ1) is 9.28. The van der Waals surface area contributed by atoms with Crippen molar-refractivity contribution in [1.82, 2.24) is 0 Å². The van der Waals surface area contributed by atoms with Crippen LogP contribution in [0.5, 0.6) is 0 Å². The molecule has 0 aliphatic carbocycles. The van der Waals surface area contributed by atoms with Gasteiger partial charge < -0.3 is 0 Å². The number of unbranched alkanes of at least 4 members (excludes halogenated alkanes) is 4. The van der Waals surface area contributed by atoms with Gasteiger partial charge in [-0.3, -0.25) is 0 Å².